The molecule has 3 atom stereocenters. The molecule has 1 aliphatic heterocycles. The van der Waals surface area contributed by atoms with Crippen LogP contribution in [0.3, 0.4) is 0 Å². The van der Waals surface area contributed by atoms with Crippen LogP contribution in [0.5, 0.6) is 0 Å². The third-order valence-electron chi connectivity index (χ3n) is 9.54. The fraction of sp³-hybridized carbons (Fsp3) is 0.907. The number of unbranched alkanes of at least 4 members (excludes halogenated alkanes) is 15. The Bertz CT molecular complexity index is 853. The molecule has 9 nitrogen and oxygen atoms in total. The minimum absolute atomic E-state index is 0.205. The number of ketones is 1. The molecular formula is C43H84N2O7. The molecule has 1 fully saturated rings. The van der Waals surface area contributed by atoms with Crippen LogP contribution in [0.1, 0.15) is 196 Å². The minimum Gasteiger partial charge on any atom is -0.466 e. The highest BCUT2D eigenvalue weighted by molar-refractivity contribution is 5.78. The Kier molecular flexibility index (Phi) is 38.8. The Morgan fingerprint density at radius 2 is 1.15 bits per heavy atom. The molecular weight excluding hydrogens is 656 g/mol. The lowest BCUT2D eigenvalue weighted by Crippen LogP contribution is -2.38. The molecule has 1 saturated heterocycles. The summed E-state index contributed by atoms with van der Waals surface area (Å²) in [6, 6.07) is -0.353. The second-order valence-corrected chi connectivity index (χ2v) is 14.3. The van der Waals surface area contributed by atoms with Gasteiger partial charge in [0.1, 0.15) is 17.9 Å². The number of esters is 3. The van der Waals surface area contributed by atoms with E-state index in [-0.39, 0.29) is 30.1 Å². The summed E-state index contributed by atoms with van der Waals surface area (Å²) in [4.78, 5) is 49.2. The van der Waals surface area contributed by atoms with Gasteiger partial charge in [-0.1, -0.05) is 137 Å². The average Bonchev–Trinajstić information content (AvgIpc) is 3.53. The Morgan fingerprint density at radius 1 is 0.673 bits per heavy atom. The van der Waals surface area contributed by atoms with E-state index in [2.05, 4.69) is 31.0 Å². The first-order valence-electron chi connectivity index (χ1n) is 21.6. The van der Waals surface area contributed by atoms with E-state index in [1.807, 2.05) is 13.8 Å². The van der Waals surface area contributed by atoms with Crippen molar-refractivity contribution in [2.75, 3.05) is 39.9 Å². The summed E-state index contributed by atoms with van der Waals surface area (Å²) in [6.45, 7) is 16.7. The predicted molar refractivity (Wildman–Crippen MR) is 215 cm³/mol. The van der Waals surface area contributed by atoms with Crippen molar-refractivity contribution in [1.82, 2.24) is 10.2 Å². The third-order valence-corrected chi connectivity index (χ3v) is 9.54. The van der Waals surface area contributed by atoms with Gasteiger partial charge < -0.3 is 19.5 Å². The zero-order valence-electron chi connectivity index (χ0n) is 35.3. The molecule has 0 aliphatic carbocycles. The number of Topliss-reactive ketones (excluding diaryl/α,β-unsaturated/α-hetero) is 1. The van der Waals surface area contributed by atoms with Gasteiger partial charge in [0.2, 0.25) is 0 Å². The van der Waals surface area contributed by atoms with Gasteiger partial charge in [-0.05, 0) is 52.6 Å². The third kappa shape index (κ3) is 31.5. The van der Waals surface area contributed by atoms with Crippen LogP contribution in [-0.4, -0.2) is 80.6 Å². The maximum absolute atomic E-state index is 12.7. The van der Waals surface area contributed by atoms with E-state index in [4.69, 9.17) is 14.2 Å². The molecule has 0 aromatic heterocycles. The number of nitrogens with one attached hydrogen (secondary N) is 1. The molecule has 0 aromatic carbocycles. The van der Waals surface area contributed by atoms with Crippen molar-refractivity contribution in [1.29, 1.82) is 0 Å². The van der Waals surface area contributed by atoms with E-state index in [0.717, 1.165) is 57.9 Å². The lowest BCUT2D eigenvalue weighted by atomic mass is 9.91. The molecule has 1 aliphatic rings. The van der Waals surface area contributed by atoms with Gasteiger partial charge in [-0.3, -0.25) is 24.1 Å². The monoisotopic (exact) mass is 741 g/mol. The van der Waals surface area contributed by atoms with Crippen LogP contribution in [0.25, 0.3) is 0 Å². The molecule has 1 N–H and O–H groups in total. The summed E-state index contributed by atoms with van der Waals surface area (Å²) in [5.74, 6) is 0.0843. The van der Waals surface area contributed by atoms with Gasteiger partial charge >= 0.3 is 17.9 Å². The molecule has 0 spiro atoms. The van der Waals surface area contributed by atoms with Gasteiger partial charge in [-0.25, -0.2) is 0 Å². The highest BCUT2D eigenvalue weighted by atomic mass is 16.6. The zero-order valence-corrected chi connectivity index (χ0v) is 35.3. The molecule has 9 heteroatoms. The summed E-state index contributed by atoms with van der Waals surface area (Å²) in [5.41, 5.74) is 0. The van der Waals surface area contributed by atoms with Crippen LogP contribution in [0, 0.1) is 5.92 Å². The average molecular weight is 741 g/mol. The SMILES string of the molecule is CC.CCCCCCCCC(CCCCCC)C(C)=O.CCCCCCCOC(=O)C1CC(OC(=O)CCNC)CN1CCCCCCOC(C)=O. The first-order chi connectivity index (χ1) is 25.2. The van der Waals surface area contributed by atoms with Crippen molar-refractivity contribution < 1.29 is 33.4 Å². The van der Waals surface area contributed by atoms with E-state index in [0.29, 0.717) is 50.8 Å². The van der Waals surface area contributed by atoms with Gasteiger partial charge in [-0.15, -0.1) is 0 Å². The van der Waals surface area contributed by atoms with Gasteiger partial charge in [0.15, 0.2) is 0 Å². The maximum atomic E-state index is 12.7. The molecule has 3 unspecified atom stereocenters. The van der Waals surface area contributed by atoms with E-state index >= 15 is 0 Å². The Labute approximate surface area is 320 Å². The molecule has 0 aromatic rings. The van der Waals surface area contributed by atoms with Gasteiger partial charge in [0.05, 0.1) is 19.6 Å². The van der Waals surface area contributed by atoms with Crippen LogP contribution < -0.4 is 5.32 Å². The lowest BCUT2D eigenvalue weighted by molar-refractivity contribution is -0.151. The van der Waals surface area contributed by atoms with Crippen molar-refractivity contribution in [2.24, 2.45) is 5.92 Å². The topological polar surface area (TPSA) is 111 Å². The van der Waals surface area contributed by atoms with Gasteiger partial charge in [-0.2, -0.15) is 0 Å². The quantitative estimate of drug-likeness (QED) is 0.0422. The largest absolute Gasteiger partial charge is 0.466 e. The Balaban J connectivity index is 0. The van der Waals surface area contributed by atoms with Crippen molar-refractivity contribution >= 4 is 23.7 Å². The lowest BCUT2D eigenvalue weighted by Gasteiger charge is -2.22. The molecule has 308 valence electrons. The zero-order chi connectivity index (χ0) is 39.2. The second-order valence-electron chi connectivity index (χ2n) is 14.3. The molecule has 1 heterocycles. The summed E-state index contributed by atoms with van der Waals surface area (Å²) in [7, 11) is 1.80. The summed E-state index contributed by atoms with van der Waals surface area (Å²) < 4.78 is 16.1. The van der Waals surface area contributed by atoms with E-state index in [1.165, 1.54) is 90.4 Å². The molecule has 0 bridgehead atoms. The number of carbonyl (C=O) groups excluding carboxylic acids is 4. The molecule has 52 heavy (non-hydrogen) atoms. The fourth-order valence-corrected chi connectivity index (χ4v) is 6.41. The van der Waals surface area contributed by atoms with Crippen molar-refractivity contribution in [3.63, 3.8) is 0 Å². The number of rotatable bonds is 31. The normalized spacial score (nSPS) is 15.8. The van der Waals surface area contributed by atoms with Crippen LogP contribution in [0.2, 0.25) is 0 Å². The number of hydrogen-bond donors (Lipinski definition) is 1. The summed E-state index contributed by atoms with van der Waals surface area (Å²) in [5, 5.41) is 2.94. The highest BCUT2D eigenvalue weighted by Gasteiger charge is 2.39. The molecule has 0 radical (unpaired) electrons. The number of hydrogen-bond acceptors (Lipinski definition) is 9. The Hall–Kier alpha value is -2.00. The smallest absolute Gasteiger partial charge is 0.323 e. The maximum Gasteiger partial charge on any atom is 0.323 e. The molecule has 0 saturated carbocycles. The number of ether oxygens (including phenoxy) is 3. The van der Waals surface area contributed by atoms with Crippen LogP contribution >= 0.6 is 0 Å². The number of carbonyl (C=O) groups is 4. The standard InChI is InChI=1S/C24H44N2O6.C17H34O.C2H6/c1-4-5-6-8-12-17-31-24(29)22-18-21(32-23(28)13-14-25-3)19-26(22)15-10-7-9-11-16-30-20(2)27;1-4-6-8-10-11-13-15-17(16(3)18)14-12-9-7-5-2;1-2/h21-22,25H,4-19H2,1-3H3;17H,4-15H2,1-3H3;1-2H3. The van der Waals surface area contributed by atoms with Gasteiger partial charge in [0, 0.05) is 32.4 Å². The Morgan fingerprint density at radius 3 is 1.67 bits per heavy atom. The van der Waals surface area contributed by atoms with Crippen molar-refractivity contribution in [3.05, 3.63) is 0 Å². The van der Waals surface area contributed by atoms with Crippen LogP contribution in [-0.2, 0) is 33.4 Å². The second kappa shape index (κ2) is 38.7. The number of nitrogens with zero attached hydrogens (tertiary/aromatic N) is 1. The van der Waals surface area contributed by atoms with Gasteiger partial charge in [0.25, 0.3) is 0 Å². The van der Waals surface area contributed by atoms with Crippen LogP contribution in [0.15, 0.2) is 0 Å². The van der Waals surface area contributed by atoms with Crippen molar-refractivity contribution in [2.45, 2.75) is 208 Å². The van der Waals surface area contributed by atoms with E-state index in [9.17, 15) is 19.2 Å². The highest BCUT2D eigenvalue weighted by Crippen LogP contribution is 2.23. The summed E-state index contributed by atoms with van der Waals surface area (Å²) >= 11 is 0. The van der Waals surface area contributed by atoms with Crippen molar-refractivity contribution in [3.8, 4) is 0 Å². The first kappa shape index (κ1) is 52.1. The molecule has 1 rings (SSSR count). The minimum atomic E-state index is -0.353. The van der Waals surface area contributed by atoms with E-state index < -0.39 is 0 Å². The first-order valence-corrected chi connectivity index (χ1v) is 21.6. The summed E-state index contributed by atoms with van der Waals surface area (Å²) in [6.07, 6.45) is 25.2. The van der Waals surface area contributed by atoms with E-state index in [1.54, 1.807) is 14.0 Å². The fourth-order valence-electron chi connectivity index (χ4n) is 6.41. The van der Waals surface area contributed by atoms with Crippen LogP contribution in [0.4, 0.5) is 0 Å². The molecule has 0 amide bonds. The number of likely N-dealkylation sites (tertiary alicyclic amines) is 1. The predicted octanol–water partition coefficient (Wildman–Crippen LogP) is 10.2.